The van der Waals surface area contributed by atoms with Gasteiger partial charge in [-0.1, -0.05) is 78.9 Å². The zero-order valence-electron chi connectivity index (χ0n) is 19.6. The minimum atomic E-state index is -3.60. The predicted molar refractivity (Wildman–Crippen MR) is 141 cm³/mol. The Kier molecular flexibility index (Phi) is 5.69. The summed E-state index contributed by atoms with van der Waals surface area (Å²) in [5.74, 6) is 0.157. The number of nitrogens with zero attached hydrogens (tertiary/aromatic N) is 2. The molecule has 2 heterocycles. The van der Waals surface area contributed by atoms with Crippen molar-refractivity contribution in [2.24, 2.45) is 0 Å². The van der Waals surface area contributed by atoms with Crippen molar-refractivity contribution in [1.82, 2.24) is 9.62 Å². The van der Waals surface area contributed by atoms with E-state index in [2.05, 4.69) is 35.7 Å². The largest absolute Gasteiger partial charge is 0.313 e. The van der Waals surface area contributed by atoms with Crippen LogP contribution in [0.4, 0.5) is 0 Å². The topological polar surface area (TPSA) is 73.2 Å². The molecule has 36 heavy (non-hydrogen) atoms. The van der Waals surface area contributed by atoms with Gasteiger partial charge in [0, 0.05) is 31.1 Å². The monoisotopic (exact) mass is 491 g/mol. The molecule has 2 aliphatic heterocycles. The number of rotatable bonds is 5. The first-order chi connectivity index (χ1) is 17.6. The minimum Gasteiger partial charge on any atom is -0.313 e. The maximum atomic E-state index is 13.6. The summed E-state index contributed by atoms with van der Waals surface area (Å²) < 4.78 is 29.0. The number of hydrogen-bond acceptors (Lipinski definition) is 4. The molecule has 5 nitrogen and oxygen atoms in total. The first-order valence-corrected chi connectivity index (χ1v) is 13.5. The SMILES string of the molecule is N#Cc1cccc(-c2ccc(C3[C@H]4CNC[C@@H]3N4S(=O)(=O)c3ccc(-c4ccccc4)cc3)cc2)c1. The van der Waals surface area contributed by atoms with Gasteiger partial charge in [-0.25, -0.2) is 8.42 Å². The summed E-state index contributed by atoms with van der Waals surface area (Å²) >= 11 is 0. The molecule has 178 valence electrons. The molecule has 2 bridgehead atoms. The van der Waals surface area contributed by atoms with Gasteiger partial charge in [-0.2, -0.15) is 9.57 Å². The molecular weight excluding hydrogens is 466 g/mol. The van der Waals surface area contributed by atoms with Crippen LogP contribution in [-0.2, 0) is 10.0 Å². The Morgan fingerprint density at radius 3 is 1.97 bits per heavy atom. The average Bonchev–Trinajstić information content (AvgIpc) is 2.94. The zero-order valence-corrected chi connectivity index (χ0v) is 20.4. The molecule has 0 aliphatic carbocycles. The fourth-order valence-electron chi connectivity index (χ4n) is 5.57. The predicted octanol–water partition coefficient (Wildman–Crippen LogP) is 5.02. The van der Waals surface area contributed by atoms with Gasteiger partial charge in [0.15, 0.2) is 0 Å². The van der Waals surface area contributed by atoms with Crippen LogP contribution in [-0.4, -0.2) is 37.9 Å². The van der Waals surface area contributed by atoms with E-state index in [-0.39, 0.29) is 18.0 Å². The molecule has 0 radical (unpaired) electrons. The normalized spacial score (nSPS) is 21.4. The number of piperazine rings is 1. The highest BCUT2D eigenvalue weighted by Crippen LogP contribution is 2.46. The van der Waals surface area contributed by atoms with E-state index < -0.39 is 10.0 Å². The maximum Gasteiger partial charge on any atom is 0.243 e. The molecule has 0 amide bonds. The Hall–Kier alpha value is -3.76. The third-order valence-corrected chi connectivity index (χ3v) is 9.31. The smallest absolute Gasteiger partial charge is 0.243 e. The molecule has 2 aliphatic rings. The highest BCUT2D eigenvalue weighted by Gasteiger charge is 2.56. The minimum absolute atomic E-state index is 0.115. The Bertz CT molecular complexity index is 1530. The van der Waals surface area contributed by atoms with Crippen molar-refractivity contribution >= 4 is 10.0 Å². The molecule has 0 spiro atoms. The molecule has 1 unspecified atom stereocenters. The molecule has 3 atom stereocenters. The van der Waals surface area contributed by atoms with Crippen molar-refractivity contribution in [2.75, 3.05) is 13.1 Å². The fraction of sp³-hybridized carbons (Fsp3) is 0.167. The van der Waals surface area contributed by atoms with Crippen LogP contribution in [0.15, 0.2) is 108 Å². The van der Waals surface area contributed by atoms with Crippen molar-refractivity contribution in [2.45, 2.75) is 22.9 Å². The molecule has 0 aromatic heterocycles. The van der Waals surface area contributed by atoms with Crippen LogP contribution in [0, 0.1) is 11.3 Å². The van der Waals surface area contributed by atoms with E-state index in [0.29, 0.717) is 23.5 Å². The second kappa shape index (κ2) is 9.03. The van der Waals surface area contributed by atoms with Crippen LogP contribution in [0.3, 0.4) is 0 Å². The van der Waals surface area contributed by atoms with Crippen molar-refractivity contribution in [3.8, 4) is 28.3 Å². The summed E-state index contributed by atoms with van der Waals surface area (Å²) in [6.45, 7) is 1.27. The quantitative estimate of drug-likeness (QED) is 0.425. The number of nitriles is 1. The number of piperidine rings is 1. The highest BCUT2D eigenvalue weighted by molar-refractivity contribution is 7.89. The summed E-state index contributed by atoms with van der Waals surface area (Å²) in [5, 5.41) is 12.6. The van der Waals surface area contributed by atoms with E-state index in [0.717, 1.165) is 27.8 Å². The molecule has 1 N–H and O–H groups in total. The fourth-order valence-corrected chi connectivity index (χ4v) is 7.42. The van der Waals surface area contributed by atoms with Crippen LogP contribution in [0.5, 0.6) is 0 Å². The van der Waals surface area contributed by atoms with Crippen molar-refractivity contribution in [3.05, 3.63) is 114 Å². The van der Waals surface area contributed by atoms with Crippen LogP contribution < -0.4 is 5.32 Å². The van der Waals surface area contributed by atoms with E-state index in [4.69, 9.17) is 0 Å². The van der Waals surface area contributed by atoms with Crippen molar-refractivity contribution in [3.63, 3.8) is 0 Å². The molecule has 6 rings (SSSR count). The lowest BCUT2D eigenvalue weighted by Gasteiger charge is -2.57. The number of fused-ring (bicyclic) bond motifs is 2. The standard InChI is InChI=1S/C30H25N3O2S/c31-18-21-5-4-8-26(17-21)24-9-11-25(12-10-24)30-28-19-32-20-29(30)33(28)36(34,35)27-15-13-23(14-16-27)22-6-2-1-3-7-22/h1-17,28-30,32H,19-20H2/t28-,29+,30?. The Morgan fingerprint density at radius 1 is 0.722 bits per heavy atom. The Labute approximate surface area is 211 Å². The van der Waals surface area contributed by atoms with Crippen molar-refractivity contribution in [1.29, 1.82) is 5.26 Å². The molecule has 4 aromatic carbocycles. The summed E-state index contributed by atoms with van der Waals surface area (Å²) in [5.41, 5.74) is 5.89. The maximum absolute atomic E-state index is 13.6. The lowest BCUT2D eigenvalue weighted by molar-refractivity contribution is 0.0370. The van der Waals surface area contributed by atoms with E-state index in [1.54, 1.807) is 22.5 Å². The van der Waals surface area contributed by atoms with E-state index in [1.165, 1.54) is 0 Å². The van der Waals surface area contributed by atoms with Crippen LogP contribution in [0.25, 0.3) is 22.3 Å². The summed E-state index contributed by atoms with van der Waals surface area (Å²) in [4.78, 5) is 0.338. The van der Waals surface area contributed by atoms with Gasteiger partial charge < -0.3 is 5.32 Å². The van der Waals surface area contributed by atoms with Gasteiger partial charge >= 0.3 is 0 Å². The van der Waals surface area contributed by atoms with Gasteiger partial charge in [0.25, 0.3) is 0 Å². The van der Waals surface area contributed by atoms with E-state index in [1.807, 2.05) is 60.7 Å². The summed E-state index contributed by atoms with van der Waals surface area (Å²) in [6, 6.07) is 35.0. The van der Waals surface area contributed by atoms with E-state index in [9.17, 15) is 13.7 Å². The number of nitrogens with one attached hydrogen (secondary N) is 1. The molecule has 4 aromatic rings. The average molecular weight is 492 g/mol. The van der Waals surface area contributed by atoms with Gasteiger partial charge in [-0.05, 0) is 52.1 Å². The first-order valence-electron chi connectivity index (χ1n) is 12.1. The Morgan fingerprint density at radius 2 is 1.31 bits per heavy atom. The third-order valence-electron chi connectivity index (χ3n) is 7.35. The molecular formula is C30H25N3O2S. The molecule has 0 saturated carbocycles. The molecule has 6 heteroatoms. The first kappa shape index (κ1) is 22.7. The third kappa shape index (κ3) is 3.82. The number of benzene rings is 4. The number of sulfonamides is 1. The van der Waals surface area contributed by atoms with Crippen LogP contribution in [0.2, 0.25) is 0 Å². The highest BCUT2D eigenvalue weighted by atomic mass is 32.2. The lowest BCUT2D eigenvalue weighted by Crippen LogP contribution is -2.73. The number of hydrogen-bond donors (Lipinski definition) is 1. The van der Waals surface area contributed by atoms with E-state index >= 15 is 0 Å². The lowest BCUT2D eigenvalue weighted by atomic mass is 9.74. The van der Waals surface area contributed by atoms with Gasteiger partial charge in [-0.15, -0.1) is 0 Å². The summed E-state index contributed by atoms with van der Waals surface area (Å²) in [7, 11) is -3.60. The van der Waals surface area contributed by atoms with Crippen molar-refractivity contribution < 1.29 is 8.42 Å². The molecule has 2 saturated heterocycles. The molecule has 2 fully saturated rings. The van der Waals surface area contributed by atoms with Gasteiger partial charge in [0.1, 0.15) is 0 Å². The van der Waals surface area contributed by atoms with Gasteiger partial charge in [-0.3, -0.25) is 0 Å². The second-order valence-corrected chi connectivity index (χ2v) is 11.2. The van der Waals surface area contributed by atoms with Crippen LogP contribution >= 0.6 is 0 Å². The van der Waals surface area contributed by atoms with Gasteiger partial charge in [0.2, 0.25) is 10.0 Å². The zero-order chi connectivity index (χ0) is 24.7. The second-order valence-electron chi connectivity index (χ2n) is 9.36. The van der Waals surface area contributed by atoms with Crippen LogP contribution in [0.1, 0.15) is 17.0 Å². The summed E-state index contributed by atoms with van der Waals surface area (Å²) in [6.07, 6.45) is 0. The Balaban J connectivity index is 1.24. The van der Waals surface area contributed by atoms with Gasteiger partial charge in [0.05, 0.1) is 16.5 Å².